The van der Waals surface area contributed by atoms with E-state index in [0.29, 0.717) is 17.0 Å². The first-order chi connectivity index (χ1) is 12.6. The van der Waals surface area contributed by atoms with Gasteiger partial charge in [0, 0.05) is 28.6 Å². The molecule has 1 saturated heterocycles. The molecule has 7 heteroatoms. The van der Waals surface area contributed by atoms with Gasteiger partial charge in [0.05, 0.1) is 6.04 Å². The van der Waals surface area contributed by atoms with E-state index in [1.54, 1.807) is 6.07 Å². The molecule has 1 aromatic heterocycles. The van der Waals surface area contributed by atoms with Crippen LogP contribution < -0.4 is 10.6 Å². The predicted octanol–water partition coefficient (Wildman–Crippen LogP) is 4.68. The largest absolute Gasteiger partial charge is 0.320 e. The number of thioether (sulfide) groups is 1. The molecular formula is C20H29ClN4OS. The number of aromatic nitrogens is 2. The highest BCUT2D eigenvalue weighted by molar-refractivity contribution is 7.99. The Morgan fingerprint density at radius 1 is 1.44 bits per heavy atom. The molecule has 2 unspecified atom stereocenters. The van der Waals surface area contributed by atoms with Crippen molar-refractivity contribution >= 4 is 35.8 Å². The Morgan fingerprint density at radius 3 is 2.93 bits per heavy atom. The number of piperidine rings is 1. The summed E-state index contributed by atoms with van der Waals surface area (Å²) in [4.78, 5) is 13.8. The molecule has 2 N–H and O–H groups in total. The van der Waals surface area contributed by atoms with E-state index >= 15 is 0 Å². The van der Waals surface area contributed by atoms with Gasteiger partial charge in [0.15, 0.2) is 5.69 Å². The van der Waals surface area contributed by atoms with Gasteiger partial charge < -0.3 is 10.6 Å². The van der Waals surface area contributed by atoms with Crippen molar-refractivity contribution in [2.24, 2.45) is 0 Å². The van der Waals surface area contributed by atoms with Gasteiger partial charge in [-0.1, -0.05) is 13.8 Å². The van der Waals surface area contributed by atoms with E-state index < -0.39 is 0 Å². The highest BCUT2D eigenvalue weighted by Crippen LogP contribution is 2.28. The Hall–Kier alpha value is -1.50. The third kappa shape index (κ3) is 5.74. The molecule has 148 valence electrons. The van der Waals surface area contributed by atoms with Crippen LogP contribution in [0.4, 0.5) is 5.69 Å². The molecule has 5 nitrogen and oxygen atoms in total. The molecule has 2 atom stereocenters. The van der Waals surface area contributed by atoms with Crippen molar-refractivity contribution in [3.63, 3.8) is 0 Å². The van der Waals surface area contributed by atoms with Crippen molar-refractivity contribution in [3.8, 4) is 0 Å². The first kappa shape index (κ1) is 21.8. The van der Waals surface area contributed by atoms with Gasteiger partial charge in [0.2, 0.25) is 0 Å². The quantitative estimate of drug-likeness (QED) is 0.681. The highest BCUT2D eigenvalue weighted by atomic mass is 35.5. The Bertz CT molecular complexity index is 758. The second-order valence-electron chi connectivity index (χ2n) is 6.95. The maximum absolute atomic E-state index is 12.6. The summed E-state index contributed by atoms with van der Waals surface area (Å²) >= 11 is 1.87. The fraction of sp³-hybridized carbons (Fsp3) is 0.500. The third-order valence-electron chi connectivity index (χ3n) is 4.84. The van der Waals surface area contributed by atoms with Crippen LogP contribution in [0.25, 0.3) is 0 Å². The van der Waals surface area contributed by atoms with Gasteiger partial charge in [0.25, 0.3) is 5.91 Å². The van der Waals surface area contributed by atoms with E-state index in [-0.39, 0.29) is 18.3 Å². The zero-order valence-corrected chi connectivity index (χ0v) is 17.8. The number of hydrogen-bond acceptors (Lipinski definition) is 4. The molecule has 0 aliphatic carbocycles. The monoisotopic (exact) mass is 408 g/mol. The van der Waals surface area contributed by atoms with Crippen molar-refractivity contribution in [1.82, 2.24) is 15.1 Å². The number of carbonyl (C=O) groups is 1. The first-order valence-electron chi connectivity index (χ1n) is 9.41. The van der Waals surface area contributed by atoms with Crippen molar-refractivity contribution < 1.29 is 4.79 Å². The molecule has 0 saturated carbocycles. The normalized spacial score (nSPS) is 17.8. The number of benzene rings is 1. The van der Waals surface area contributed by atoms with E-state index in [0.717, 1.165) is 43.6 Å². The summed E-state index contributed by atoms with van der Waals surface area (Å²) in [6.07, 6.45) is 5.29. The minimum absolute atomic E-state index is 0. The summed E-state index contributed by atoms with van der Waals surface area (Å²) in [6, 6.07) is 8.33. The molecule has 1 aliphatic rings. The van der Waals surface area contributed by atoms with Crippen molar-refractivity contribution in [2.45, 2.75) is 56.2 Å². The lowest BCUT2D eigenvalue weighted by atomic mass is 10.1. The molecule has 3 rings (SSSR count). The van der Waals surface area contributed by atoms with Crippen LogP contribution >= 0.6 is 24.2 Å². The lowest BCUT2D eigenvalue weighted by Crippen LogP contribution is -2.32. The van der Waals surface area contributed by atoms with Gasteiger partial charge in [-0.2, -0.15) is 5.10 Å². The van der Waals surface area contributed by atoms with Crippen LogP contribution in [0.15, 0.2) is 35.4 Å². The van der Waals surface area contributed by atoms with Crippen LogP contribution in [0.2, 0.25) is 0 Å². The van der Waals surface area contributed by atoms with Gasteiger partial charge in [-0.15, -0.1) is 24.2 Å². The number of rotatable bonds is 6. The topological polar surface area (TPSA) is 59.0 Å². The van der Waals surface area contributed by atoms with Gasteiger partial charge in [-0.05, 0) is 62.6 Å². The fourth-order valence-corrected chi connectivity index (χ4v) is 4.10. The summed E-state index contributed by atoms with van der Waals surface area (Å²) in [5.74, 6) is -0.155. The zero-order chi connectivity index (χ0) is 18.5. The second kappa shape index (κ2) is 10.2. The van der Waals surface area contributed by atoms with E-state index in [4.69, 9.17) is 0 Å². The standard InChI is InChI=1S/C20H28N4OS.ClH/c1-4-15(3)26-17-7-8-18(14(2)12-17)22-20(25)19-9-11-24(23-19)16-6-5-10-21-13-16;/h7-9,11-12,15-16,21H,4-6,10,13H2,1-3H3,(H,22,25);1H. The van der Waals surface area contributed by atoms with Gasteiger partial charge in [0.1, 0.15) is 0 Å². The zero-order valence-electron chi connectivity index (χ0n) is 16.2. The maximum atomic E-state index is 12.6. The smallest absolute Gasteiger partial charge is 0.276 e. The predicted molar refractivity (Wildman–Crippen MR) is 115 cm³/mol. The number of aryl methyl sites for hydroxylation is 1. The molecule has 2 aromatic rings. The summed E-state index contributed by atoms with van der Waals surface area (Å²) in [5.41, 5.74) is 2.38. The summed E-state index contributed by atoms with van der Waals surface area (Å²) in [5, 5.41) is 11.5. The van der Waals surface area contributed by atoms with Gasteiger partial charge >= 0.3 is 0 Å². The minimum atomic E-state index is -0.155. The third-order valence-corrected chi connectivity index (χ3v) is 6.11. The number of carbonyl (C=O) groups excluding carboxylic acids is 1. The number of halogens is 1. The van der Waals surface area contributed by atoms with E-state index in [1.165, 1.54) is 4.90 Å². The minimum Gasteiger partial charge on any atom is -0.320 e. The maximum Gasteiger partial charge on any atom is 0.276 e. The first-order valence-corrected chi connectivity index (χ1v) is 10.3. The molecule has 1 aliphatic heterocycles. The Balaban J connectivity index is 0.00000261. The molecule has 0 bridgehead atoms. The van der Waals surface area contributed by atoms with E-state index in [1.807, 2.05) is 35.6 Å². The molecule has 1 amide bonds. The number of nitrogens with zero attached hydrogens (tertiary/aromatic N) is 2. The SMILES string of the molecule is CCC(C)Sc1ccc(NC(=O)c2ccn(C3CCCNC3)n2)c(C)c1.Cl. The summed E-state index contributed by atoms with van der Waals surface area (Å²) < 4.78 is 1.92. The number of amides is 1. The summed E-state index contributed by atoms with van der Waals surface area (Å²) in [6.45, 7) is 8.44. The molecule has 2 heterocycles. The molecular weight excluding hydrogens is 380 g/mol. The van der Waals surface area contributed by atoms with Crippen LogP contribution in [0.5, 0.6) is 0 Å². The fourth-order valence-electron chi connectivity index (χ4n) is 3.07. The molecule has 0 radical (unpaired) electrons. The second-order valence-corrected chi connectivity index (χ2v) is 8.46. The Kier molecular flexibility index (Phi) is 8.20. The molecule has 27 heavy (non-hydrogen) atoms. The van der Waals surface area contributed by atoms with Crippen LogP contribution in [0.1, 0.15) is 55.2 Å². The lowest BCUT2D eigenvalue weighted by molar-refractivity contribution is 0.102. The summed E-state index contributed by atoms with van der Waals surface area (Å²) in [7, 11) is 0. The molecule has 1 fully saturated rings. The number of nitrogens with one attached hydrogen (secondary N) is 2. The van der Waals surface area contributed by atoms with Crippen molar-refractivity contribution in [2.75, 3.05) is 18.4 Å². The Morgan fingerprint density at radius 2 is 2.26 bits per heavy atom. The number of anilines is 1. The van der Waals surface area contributed by atoms with Crippen LogP contribution in [-0.2, 0) is 0 Å². The van der Waals surface area contributed by atoms with Crippen LogP contribution in [0.3, 0.4) is 0 Å². The average molecular weight is 409 g/mol. The highest BCUT2D eigenvalue weighted by Gasteiger charge is 2.18. The lowest BCUT2D eigenvalue weighted by Gasteiger charge is -2.22. The van der Waals surface area contributed by atoms with E-state index in [9.17, 15) is 4.79 Å². The molecule has 1 aromatic carbocycles. The van der Waals surface area contributed by atoms with Gasteiger partial charge in [-0.3, -0.25) is 9.48 Å². The van der Waals surface area contributed by atoms with Crippen molar-refractivity contribution in [1.29, 1.82) is 0 Å². The Labute approximate surface area is 172 Å². The average Bonchev–Trinajstić information content (AvgIpc) is 3.15. The molecule has 0 spiro atoms. The van der Waals surface area contributed by atoms with E-state index in [2.05, 4.69) is 41.7 Å². The number of hydrogen-bond donors (Lipinski definition) is 2. The van der Waals surface area contributed by atoms with Crippen LogP contribution in [0, 0.1) is 6.92 Å². The van der Waals surface area contributed by atoms with Crippen molar-refractivity contribution in [3.05, 3.63) is 41.7 Å². The van der Waals surface area contributed by atoms with Crippen LogP contribution in [-0.4, -0.2) is 34.0 Å². The van der Waals surface area contributed by atoms with Gasteiger partial charge in [-0.25, -0.2) is 0 Å².